The summed E-state index contributed by atoms with van der Waals surface area (Å²) in [6, 6.07) is 10.00. The van der Waals surface area contributed by atoms with E-state index in [1.807, 2.05) is 30.3 Å². The van der Waals surface area contributed by atoms with Gasteiger partial charge < -0.3 is 3.87 Å². The van der Waals surface area contributed by atoms with E-state index in [0.29, 0.717) is 0 Å². The van der Waals surface area contributed by atoms with Crippen molar-refractivity contribution in [1.82, 2.24) is 0 Å². The van der Waals surface area contributed by atoms with E-state index < -0.39 is 0 Å². The van der Waals surface area contributed by atoms with Crippen LogP contribution in [-0.2, 0) is 23.2 Å². The second-order valence-electron chi connectivity index (χ2n) is 2.70. The number of hydrogen-bond donors (Lipinski definition) is 0. The fraction of sp³-hybridized carbons (Fsp3) is 0.182. The molecule has 0 aliphatic carbocycles. The third kappa shape index (κ3) is 3.27. The molecule has 1 nitrogen and oxygen atoms in total. The molecular formula is C11H10OS. The van der Waals surface area contributed by atoms with Crippen LogP contribution in [0.4, 0.5) is 0 Å². The highest BCUT2D eigenvalue weighted by Gasteiger charge is 2.06. The molecule has 0 fully saturated rings. The molecule has 0 saturated heterocycles. The van der Waals surface area contributed by atoms with Crippen molar-refractivity contribution in [3.05, 3.63) is 35.9 Å². The molecule has 1 aromatic carbocycles. The molecular weight excluding hydrogens is 180 g/mol. The number of carbonyl (C=O) groups excluding carboxylic acids is 1. The third-order valence-electron chi connectivity index (χ3n) is 1.73. The third-order valence-corrected chi connectivity index (χ3v) is 1.84. The van der Waals surface area contributed by atoms with E-state index >= 15 is 0 Å². The minimum absolute atomic E-state index is 0.0418. The smallest absolute Gasteiger partial charge is 0.280 e. The van der Waals surface area contributed by atoms with Gasteiger partial charge >= 0.3 is 0 Å². The van der Waals surface area contributed by atoms with Crippen molar-refractivity contribution in [2.24, 2.45) is 5.92 Å². The van der Waals surface area contributed by atoms with Gasteiger partial charge in [-0.25, -0.2) is 12.9 Å². The SMILES string of the molecule is C#CC(C=[O+][S-])Cc1ccccc1. The van der Waals surface area contributed by atoms with Crippen LogP contribution in [0.15, 0.2) is 30.3 Å². The number of hydrogen-bond acceptors (Lipinski definition) is 1. The van der Waals surface area contributed by atoms with E-state index in [2.05, 4.69) is 22.7 Å². The Hall–Kier alpha value is -1.33. The Balaban J connectivity index is 2.63. The lowest BCUT2D eigenvalue weighted by Gasteiger charge is -2.00. The molecule has 0 radical (unpaired) electrons. The van der Waals surface area contributed by atoms with Crippen LogP contribution < -0.4 is 0 Å². The van der Waals surface area contributed by atoms with Gasteiger partial charge in [0.25, 0.3) is 6.29 Å². The standard InChI is InChI=1S/C11H10OS/c1-2-10(9-12-13)8-11-6-4-3-5-7-11/h1,3-7,9-10H,8H2. The maximum Gasteiger partial charge on any atom is 0.280 e. The highest BCUT2D eigenvalue weighted by atomic mass is 32.1. The Morgan fingerprint density at radius 1 is 1.46 bits per heavy atom. The predicted octanol–water partition coefficient (Wildman–Crippen LogP) is 1.68. The lowest BCUT2D eigenvalue weighted by molar-refractivity contribution is -0.237. The highest BCUT2D eigenvalue weighted by Crippen LogP contribution is 2.05. The Morgan fingerprint density at radius 2 is 2.15 bits per heavy atom. The minimum atomic E-state index is -0.0418. The van der Waals surface area contributed by atoms with Gasteiger partial charge in [0.05, 0.1) is 0 Å². The Morgan fingerprint density at radius 3 is 2.69 bits per heavy atom. The molecule has 0 aromatic heterocycles. The molecule has 66 valence electrons. The summed E-state index contributed by atoms with van der Waals surface area (Å²) in [4.78, 5) is 0. The van der Waals surface area contributed by atoms with Gasteiger partial charge in [0.15, 0.2) is 0 Å². The number of benzene rings is 1. The molecule has 1 unspecified atom stereocenters. The highest BCUT2D eigenvalue weighted by molar-refractivity contribution is 7.50. The van der Waals surface area contributed by atoms with Crippen LogP contribution >= 0.6 is 0 Å². The van der Waals surface area contributed by atoms with E-state index in [1.165, 1.54) is 11.8 Å². The zero-order valence-corrected chi connectivity index (χ0v) is 7.96. The molecule has 0 bridgehead atoms. The van der Waals surface area contributed by atoms with Crippen LogP contribution in [0.1, 0.15) is 5.56 Å². The molecule has 0 heterocycles. The van der Waals surface area contributed by atoms with Crippen molar-refractivity contribution in [2.45, 2.75) is 6.42 Å². The van der Waals surface area contributed by atoms with Crippen LogP contribution in [0, 0.1) is 18.3 Å². The topological polar surface area (TPSA) is 11.3 Å². The Labute approximate surface area is 84.1 Å². The number of terminal acetylenes is 1. The molecule has 1 rings (SSSR count). The summed E-state index contributed by atoms with van der Waals surface area (Å²) in [5, 5.41) is 0. The Kier molecular flexibility index (Phi) is 4.01. The maximum absolute atomic E-state index is 5.30. The molecule has 13 heavy (non-hydrogen) atoms. The molecule has 1 aromatic rings. The van der Waals surface area contributed by atoms with E-state index in [4.69, 9.17) is 6.42 Å². The van der Waals surface area contributed by atoms with Gasteiger partial charge in [-0.05, 0) is 12.0 Å². The van der Waals surface area contributed by atoms with E-state index in [1.54, 1.807) is 0 Å². The van der Waals surface area contributed by atoms with Crippen molar-refractivity contribution < 1.29 is 3.87 Å². The van der Waals surface area contributed by atoms with Crippen molar-refractivity contribution in [1.29, 1.82) is 0 Å². The molecule has 0 aliphatic heterocycles. The maximum atomic E-state index is 5.30. The zero-order valence-electron chi connectivity index (χ0n) is 7.14. The van der Waals surface area contributed by atoms with Crippen molar-refractivity contribution in [3.63, 3.8) is 0 Å². The van der Waals surface area contributed by atoms with Crippen LogP contribution in [0.25, 0.3) is 0 Å². The first-order valence-electron chi connectivity index (χ1n) is 3.99. The summed E-state index contributed by atoms with van der Waals surface area (Å²) in [7, 11) is 0. The molecule has 0 saturated carbocycles. The van der Waals surface area contributed by atoms with Crippen molar-refractivity contribution in [3.8, 4) is 12.3 Å². The van der Waals surface area contributed by atoms with Crippen molar-refractivity contribution in [2.75, 3.05) is 0 Å². The minimum Gasteiger partial charge on any atom is -0.358 e. The first-order valence-corrected chi connectivity index (χ1v) is 4.32. The summed E-state index contributed by atoms with van der Waals surface area (Å²) in [6.45, 7) is 0. The quantitative estimate of drug-likeness (QED) is 0.305. The average Bonchev–Trinajstić information content (AvgIpc) is 2.19. The van der Waals surface area contributed by atoms with Gasteiger partial charge in [0, 0.05) is 0 Å². The zero-order chi connectivity index (χ0) is 9.52. The van der Waals surface area contributed by atoms with E-state index in [9.17, 15) is 0 Å². The number of rotatable bonds is 3. The predicted molar refractivity (Wildman–Crippen MR) is 55.9 cm³/mol. The summed E-state index contributed by atoms with van der Waals surface area (Å²) in [5.74, 6) is 2.56. The van der Waals surface area contributed by atoms with Gasteiger partial charge in [-0.2, -0.15) is 0 Å². The van der Waals surface area contributed by atoms with Crippen LogP contribution in [0.3, 0.4) is 0 Å². The first-order chi connectivity index (χ1) is 6.36. The second kappa shape index (κ2) is 5.34. The summed E-state index contributed by atoms with van der Waals surface area (Å²) < 4.78 is 4.48. The van der Waals surface area contributed by atoms with Gasteiger partial charge in [0.1, 0.15) is 5.92 Å². The summed E-state index contributed by atoms with van der Waals surface area (Å²) >= 11 is 4.36. The average molecular weight is 190 g/mol. The van der Waals surface area contributed by atoms with Crippen LogP contribution in [0.5, 0.6) is 0 Å². The van der Waals surface area contributed by atoms with E-state index in [0.717, 1.165) is 6.42 Å². The molecule has 1 atom stereocenters. The van der Waals surface area contributed by atoms with Gasteiger partial charge in [-0.1, -0.05) is 36.3 Å². The molecule has 0 aliphatic rings. The Bertz CT molecular complexity index is 311. The first kappa shape index (κ1) is 9.76. The summed E-state index contributed by atoms with van der Waals surface area (Å²) in [5.41, 5.74) is 1.19. The van der Waals surface area contributed by atoms with Crippen LogP contribution in [-0.4, -0.2) is 6.29 Å². The monoisotopic (exact) mass is 190 g/mol. The van der Waals surface area contributed by atoms with Gasteiger partial charge in [-0.15, -0.1) is 6.42 Å². The van der Waals surface area contributed by atoms with Gasteiger partial charge in [-0.3, -0.25) is 0 Å². The molecule has 0 spiro atoms. The largest absolute Gasteiger partial charge is 0.358 e. The van der Waals surface area contributed by atoms with Crippen molar-refractivity contribution >= 4 is 19.2 Å². The van der Waals surface area contributed by atoms with E-state index in [-0.39, 0.29) is 5.92 Å². The molecule has 0 amide bonds. The summed E-state index contributed by atoms with van der Waals surface area (Å²) in [6.07, 6.45) is 7.57. The molecule has 2 heteroatoms. The normalized spacial score (nSPS) is 12.5. The second-order valence-corrected chi connectivity index (χ2v) is 2.89. The van der Waals surface area contributed by atoms with Crippen LogP contribution in [0.2, 0.25) is 0 Å². The lowest BCUT2D eigenvalue weighted by atomic mass is 10.0. The number of aldehydes is 1. The van der Waals surface area contributed by atoms with Gasteiger partial charge in [0.2, 0.25) is 0 Å². The lowest BCUT2D eigenvalue weighted by Crippen LogP contribution is -2.03. The fourth-order valence-corrected chi connectivity index (χ4v) is 1.22. The fourth-order valence-electron chi connectivity index (χ4n) is 1.08. The molecule has 0 N–H and O–H groups in total.